The minimum absolute atomic E-state index is 0.125. The van der Waals surface area contributed by atoms with Crippen LogP contribution in [0.1, 0.15) is 41.7 Å². The highest BCUT2D eigenvalue weighted by atomic mass is 32.1. The average Bonchev–Trinajstić information content (AvgIpc) is 3.14. The van der Waals surface area contributed by atoms with Gasteiger partial charge >= 0.3 is 0 Å². The summed E-state index contributed by atoms with van der Waals surface area (Å²) in [6.07, 6.45) is 0. The number of para-hydroxylation sites is 1. The van der Waals surface area contributed by atoms with Crippen molar-refractivity contribution in [2.45, 2.75) is 34.6 Å². The predicted octanol–water partition coefficient (Wildman–Crippen LogP) is 4.09. The number of benzene rings is 1. The number of aryl methyl sites for hydroxylation is 1. The molecule has 0 aliphatic heterocycles. The molecule has 158 valence electrons. The maximum absolute atomic E-state index is 13.0. The normalized spacial score (nSPS) is 11.4. The Morgan fingerprint density at radius 1 is 1.03 bits per heavy atom. The van der Waals surface area contributed by atoms with Gasteiger partial charge in [0.25, 0.3) is 11.5 Å². The van der Waals surface area contributed by atoms with Crippen LogP contribution in [0.15, 0.2) is 41.2 Å². The third-order valence-corrected chi connectivity index (χ3v) is 5.99. The second-order valence-electron chi connectivity index (χ2n) is 8.22. The van der Waals surface area contributed by atoms with Crippen LogP contribution in [-0.2, 0) is 11.8 Å². The predicted molar refractivity (Wildman–Crippen MR) is 121 cm³/mol. The first kappa shape index (κ1) is 21.6. The van der Waals surface area contributed by atoms with Crippen molar-refractivity contribution in [3.8, 4) is 5.69 Å². The lowest BCUT2D eigenvalue weighted by Crippen LogP contribution is -2.27. The van der Waals surface area contributed by atoms with E-state index < -0.39 is 5.41 Å². The van der Waals surface area contributed by atoms with Gasteiger partial charge in [0, 0.05) is 12.5 Å². The van der Waals surface area contributed by atoms with Crippen molar-refractivity contribution < 1.29 is 9.59 Å². The van der Waals surface area contributed by atoms with Gasteiger partial charge in [-0.05, 0) is 37.6 Å². The van der Waals surface area contributed by atoms with E-state index in [2.05, 4.69) is 10.6 Å². The monoisotopic (exact) mass is 426 g/mol. The third kappa shape index (κ3) is 4.09. The standard InChI is InChI=1S/C22H26N4O3S/c1-13-12-16(23-21(29)22(3,4)5)30-18(13)19(27)24-17-14(2)25(6)26(20(17)28)15-10-8-7-9-11-15/h7-12H,1-6H3,(H,23,29)(H,24,27). The third-order valence-electron chi connectivity index (χ3n) is 4.83. The number of amides is 2. The highest BCUT2D eigenvalue weighted by Gasteiger charge is 2.24. The molecule has 0 aliphatic carbocycles. The van der Waals surface area contributed by atoms with E-state index in [1.54, 1.807) is 31.6 Å². The first-order chi connectivity index (χ1) is 14.0. The van der Waals surface area contributed by atoms with E-state index in [0.29, 0.717) is 21.3 Å². The molecule has 1 aromatic carbocycles. The molecule has 2 N–H and O–H groups in total. The molecule has 0 fully saturated rings. The number of carbonyl (C=O) groups is 2. The van der Waals surface area contributed by atoms with Crippen molar-refractivity contribution in [2.24, 2.45) is 12.5 Å². The van der Waals surface area contributed by atoms with Crippen LogP contribution in [-0.4, -0.2) is 21.2 Å². The Kier molecular flexibility index (Phi) is 5.72. The number of aromatic nitrogens is 2. The molecule has 2 aromatic heterocycles. The van der Waals surface area contributed by atoms with Gasteiger partial charge in [0.05, 0.1) is 21.3 Å². The lowest BCUT2D eigenvalue weighted by molar-refractivity contribution is -0.123. The number of nitrogens with zero attached hydrogens (tertiary/aromatic N) is 2. The highest BCUT2D eigenvalue weighted by molar-refractivity contribution is 7.18. The van der Waals surface area contributed by atoms with Gasteiger partial charge in [-0.15, -0.1) is 11.3 Å². The van der Waals surface area contributed by atoms with E-state index in [4.69, 9.17) is 0 Å². The van der Waals surface area contributed by atoms with E-state index in [0.717, 1.165) is 5.56 Å². The molecule has 3 rings (SSSR count). The molecule has 0 radical (unpaired) electrons. The highest BCUT2D eigenvalue weighted by Crippen LogP contribution is 2.29. The van der Waals surface area contributed by atoms with Crippen LogP contribution in [0.5, 0.6) is 0 Å². The Labute approximate surface area is 179 Å². The van der Waals surface area contributed by atoms with Crippen molar-refractivity contribution in [1.82, 2.24) is 9.36 Å². The zero-order valence-electron chi connectivity index (χ0n) is 18.0. The SMILES string of the molecule is Cc1cc(NC(=O)C(C)(C)C)sc1C(=O)Nc1c(C)n(C)n(-c2ccccc2)c1=O. The molecule has 0 atom stereocenters. The van der Waals surface area contributed by atoms with Gasteiger partial charge in [-0.25, -0.2) is 4.68 Å². The fraction of sp³-hybridized carbons (Fsp3) is 0.318. The van der Waals surface area contributed by atoms with Crippen LogP contribution in [0, 0.1) is 19.3 Å². The van der Waals surface area contributed by atoms with Crippen molar-refractivity contribution >= 4 is 33.8 Å². The van der Waals surface area contributed by atoms with Gasteiger partial charge in [0.1, 0.15) is 5.69 Å². The summed E-state index contributed by atoms with van der Waals surface area (Å²) in [5.74, 6) is -0.500. The maximum atomic E-state index is 13.0. The molecule has 0 bridgehead atoms. The van der Waals surface area contributed by atoms with Crippen molar-refractivity contribution in [1.29, 1.82) is 0 Å². The van der Waals surface area contributed by atoms with Crippen LogP contribution in [0.3, 0.4) is 0 Å². The average molecular weight is 427 g/mol. The smallest absolute Gasteiger partial charge is 0.295 e. The summed E-state index contributed by atoms with van der Waals surface area (Å²) in [4.78, 5) is 38.6. The first-order valence-electron chi connectivity index (χ1n) is 9.58. The fourth-order valence-corrected chi connectivity index (χ4v) is 3.91. The van der Waals surface area contributed by atoms with Crippen molar-refractivity contribution in [3.05, 3.63) is 62.9 Å². The molecule has 2 amide bonds. The molecule has 0 unspecified atom stereocenters. The van der Waals surface area contributed by atoms with Crippen LogP contribution >= 0.6 is 11.3 Å². The molecule has 0 aliphatic rings. The van der Waals surface area contributed by atoms with Gasteiger partial charge in [-0.1, -0.05) is 39.0 Å². The number of anilines is 2. The second-order valence-corrected chi connectivity index (χ2v) is 9.27. The van der Waals surface area contributed by atoms with Gasteiger partial charge in [0.2, 0.25) is 5.91 Å². The molecule has 30 heavy (non-hydrogen) atoms. The molecule has 8 heteroatoms. The Balaban J connectivity index is 1.89. The van der Waals surface area contributed by atoms with Crippen LogP contribution < -0.4 is 16.2 Å². The molecule has 0 spiro atoms. The van der Waals surface area contributed by atoms with Crippen LogP contribution in [0.25, 0.3) is 5.69 Å². The number of thiophene rings is 1. The van der Waals surface area contributed by atoms with Gasteiger partial charge in [-0.2, -0.15) is 0 Å². The van der Waals surface area contributed by atoms with E-state index >= 15 is 0 Å². The van der Waals surface area contributed by atoms with Crippen molar-refractivity contribution in [2.75, 3.05) is 10.6 Å². The summed E-state index contributed by atoms with van der Waals surface area (Å²) < 4.78 is 3.23. The number of carbonyl (C=O) groups excluding carboxylic acids is 2. The Morgan fingerprint density at radius 3 is 2.27 bits per heavy atom. The zero-order chi connectivity index (χ0) is 22.2. The Bertz CT molecular complexity index is 1160. The maximum Gasteiger partial charge on any atom is 0.295 e. The minimum Gasteiger partial charge on any atom is -0.317 e. The summed E-state index contributed by atoms with van der Waals surface area (Å²) in [7, 11) is 1.77. The molecular formula is C22H26N4O3S. The molecule has 3 aromatic rings. The lowest BCUT2D eigenvalue weighted by atomic mass is 9.96. The number of rotatable bonds is 4. The molecule has 7 nitrogen and oxygen atoms in total. The number of hydrogen-bond acceptors (Lipinski definition) is 4. The molecule has 2 heterocycles. The zero-order valence-corrected chi connectivity index (χ0v) is 18.8. The van der Waals surface area contributed by atoms with Crippen LogP contribution in [0.2, 0.25) is 0 Å². The second kappa shape index (κ2) is 7.95. The summed E-state index contributed by atoms with van der Waals surface area (Å²) in [5, 5.41) is 6.22. The first-order valence-corrected chi connectivity index (χ1v) is 10.4. The topological polar surface area (TPSA) is 85.1 Å². The van der Waals surface area contributed by atoms with Gasteiger partial charge in [0.15, 0.2) is 0 Å². The summed E-state index contributed by atoms with van der Waals surface area (Å²) in [6, 6.07) is 11.0. The summed E-state index contributed by atoms with van der Waals surface area (Å²) in [6.45, 7) is 9.07. The molecular weight excluding hydrogens is 400 g/mol. The van der Waals surface area contributed by atoms with E-state index in [-0.39, 0.29) is 23.1 Å². The van der Waals surface area contributed by atoms with Crippen LogP contribution in [0.4, 0.5) is 10.7 Å². The molecule has 0 saturated heterocycles. The summed E-state index contributed by atoms with van der Waals surface area (Å²) >= 11 is 1.19. The van der Waals surface area contributed by atoms with Crippen molar-refractivity contribution in [3.63, 3.8) is 0 Å². The van der Waals surface area contributed by atoms with E-state index in [1.807, 2.05) is 51.1 Å². The fourth-order valence-electron chi connectivity index (χ4n) is 2.95. The van der Waals surface area contributed by atoms with E-state index in [1.165, 1.54) is 16.0 Å². The van der Waals surface area contributed by atoms with E-state index in [9.17, 15) is 14.4 Å². The van der Waals surface area contributed by atoms with Gasteiger partial charge in [-0.3, -0.25) is 19.1 Å². The molecule has 0 saturated carbocycles. The Hall–Kier alpha value is -3.13. The number of hydrogen-bond donors (Lipinski definition) is 2. The summed E-state index contributed by atoms with van der Waals surface area (Å²) in [5.41, 5.74) is 1.49. The minimum atomic E-state index is -0.538. The quantitative estimate of drug-likeness (QED) is 0.659. The lowest BCUT2D eigenvalue weighted by Gasteiger charge is -2.16. The number of nitrogens with one attached hydrogen (secondary N) is 2. The van der Waals surface area contributed by atoms with Gasteiger partial charge < -0.3 is 10.6 Å². The Morgan fingerprint density at radius 2 is 1.67 bits per heavy atom. The largest absolute Gasteiger partial charge is 0.317 e.